The van der Waals surface area contributed by atoms with E-state index in [9.17, 15) is 22.0 Å². The maximum Gasteiger partial charge on any atom is 0.245 e. The molecule has 8 heteroatoms. The molecule has 0 spiro atoms. The predicted octanol–water partition coefficient (Wildman–Crippen LogP) is 2.99. The van der Waals surface area contributed by atoms with E-state index in [1.165, 1.54) is 0 Å². The van der Waals surface area contributed by atoms with Crippen molar-refractivity contribution in [1.82, 2.24) is 0 Å². The van der Waals surface area contributed by atoms with Crippen LogP contribution < -0.4 is 9.62 Å². The van der Waals surface area contributed by atoms with Gasteiger partial charge in [0.15, 0.2) is 11.6 Å². The first-order chi connectivity index (χ1) is 11.6. The van der Waals surface area contributed by atoms with E-state index < -0.39 is 39.8 Å². The van der Waals surface area contributed by atoms with Crippen LogP contribution in [-0.4, -0.2) is 27.1 Å². The number of carbonyl (C=O) groups is 1. The zero-order valence-electron chi connectivity index (χ0n) is 14.0. The van der Waals surface area contributed by atoms with Crippen molar-refractivity contribution in [2.24, 2.45) is 0 Å². The molecule has 1 N–H and O–H groups in total. The minimum Gasteiger partial charge on any atom is -0.324 e. The van der Waals surface area contributed by atoms with E-state index in [0.717, 1.165) is 35.6 Å². The highest BCUT2D eigenvalue weighted by Crippen LogP contribution is 2.25. The lowest BCUT2D eigenvalue weighted by molar-refractivity contribution is -0.114. The molecule has 0 saturated carbocycles. The Balaban J connectivity index is 2.32. The summed E-state index contributed by atoms with van der Waals surface area (Å²) in [6, 6.07) is 8.36. The van der Waals surface area contributed by atoms with Crippen LogP contribution in [0.15, 0.2) is 36.4 Å². The van der Waals surface area contributed by atoms with Crippen LogP contribution in [0, 0.1) is 25.5 Å². The van der Waals surface area contributed by atoms with Crippen molar-refractivity contribution in [1.29, 1.82) is 0 Å². The molecule has 0 heterocycles. The maximum absolute atomic E-state index is 13.9. The molecule has 0 fully saturated rings. The monoisotopic (exact) mass is 368 g/mol. The third kappa shape index (κ3) is 4.54. The second-order valence-electron chi connectivity index (χ2n) is 5.71. The lowest BCUT2D eigenvalue weighted by atomic mass is 10.1. The summed E-state index contributed by atoms with van der Waals surface area (Å²) < 4.78 is 52.2. The number of sulfonamides is 1. The Morgan fingerprint density at radius 1 is 1.12 bits per heavy atom. The number of nitrogens with zero attached hydrogens (tertiary/aromatic N) is 1. The van der Waals surface area contributed by atoms with Crippen LogP contribution in [0.1, 0.15) is 11.1 Å². The number of halogens is 2. The van der Waals surface area contributed by atoms with Gasteiger partial charge in [-0.2, -0.15) is 0 Å². The lowest BCUT2D eigenvalue weighted by Crippen LogP contribution is -2.38. The molecule has 0 atom stereocenters. The molecule has 0 saturated heterocycles. The average Bonchev–Trinajstić information content (AvgIpc) is 2.48. The third-order valence-corrected chi connectivity index (χ3v) is 4.65. The number of anilines is 2. The molecule has 2 aromatic carbocycles. The molecule has 1 amide bonds. The quantitative estimate of drug-likeness (QED) is 0.882. The molecule has 2 aromatic rings. The predicted molar refractivity (Wildman–Crippen MR) is 93.1 cm³/mol. The molecule has 0 unspecified atom stereocenters. The van der Waals surface area contributed by atoms with Gasteiger partial charge in [-0.15, -0.1) is 0 Å². The van der Waals surface area contributed by atoms with Crippen molar-refractivity contribution in [2.45, 2.75) is 13.8 Å². The molecule has 0 aliphatic carbocycles. The Kier molecular flexibility index (Phi) is 5.42. The lowest BCUT2D eigenvalue weighted by Gasteiger charge is -2.23. The van der Waals surface area contributed by atoms with Crippen molar-refractivity contribution in [3.05, 3.63) is 59.2 Å². The van der Waals surface area contributed by atoms with Gasteiger partial charge in [-0.25, -0.2) is 17.2 Å². The smallest absolute Gasteiger partial charge is 0.245 e. The summed E-state index contributed by atoms with van der Waals surface area (Å²) in [5, 5.41) is 2.57. The molecule has 0 bridgehead atoms. The van der Waals surface area contributed by atoms with Crippen LogP contribution in [0.5, 0.6) is 0 Å². The number of hydrogen-bond donors (Lipinski definition) is 1. The number of benzene rings is 2. The number of aryl methyl sites for hydroxylation is 2. The molecule has 25 heavy (non-hydrogen) atoms. The molecule has 5 nitrogen and oxygen atoms in total. The Morgan fingerprint density at radius 3 is 2.28 bits per heavy atom. The summed E-state index contributed by atoms with van der Waals surface area (Å²) in [6.07, 6.45) is 0.782. The van der Waals surface area contributed by atoms with E-state index in [-0.39, 0.29) is 0 Å². The zero-order chi connectivity index (χ0) is 18.8. The average molecular weight is 368 g/mol. The van der Waals surface area contributed by atoms with Gasteiger partial charge in [0, 0.05) is 5.69 Å². The molecule has 0 aliphatic rings. The van der Waals surface area contributed by atoms with Crippen LogP contribution in [0.3, 0.4) is 0 Å². The zero-order valence-corrected chi connectivity index (χ0v) is 14.8. The van der Waals surface area contributed by atoms with Gasteiger partial charge < -0.3 is 5.32 Å². The highest BCUT2D eigenvalue weighted by molar-refractivity contribution is 7.92. The number of nitrogens with one attached hydrogen (secondary N) is 1. The molecule has 134 valence electrons. The van der Waals surface area contributed by atoms with Gasteiger partial charge >= 0.3 is 0 Å². The van der Waals surface area contributed by atoms with Gasteiger partial charge in [-0.3, -0.25) is 9.10 Å². The van der Waals surface area contributed by atoms with E-state index in [1.54, 1.807) is 19.1 Å². The van der Waals surface area contributed by atoms with Gasteiger partial charge in [0.1, 0.15) is 12.2 Å². The van der Waals surface area contributed by atoms with E-state index in [4.69, 9.17) is 0 Å². The molecule has 0 radical (unpaired) electrons. The Labute approximate surface area is 145 Å². The van der Waals surface area contributed by atoms with Crippen molar-refractivity contribution in [3.8, 4) is 0 Å². The molecule has 0 aromatic heterocycles. The third-order valence-electron chi connectivity index (χ3n) is 3.54. The van der Waals surface area contributed by atoms with Gasteiger partial charge in [0.05, 0.1) is 6.26 Å². The van der Waals surface area contributed by atoms with Gasteiger partial charge in [-0.05, 0) is 43.2 Å². The molecule has 0 aliphatic heterocycles. The van der Waals surface area contributed by atoms with Crippen LogP contribution >= 0.6 is 0 Å². The summed E-state index contributed by atoms with van der Waals surface area (Å²) in [5.41, 5.74) is 1.41. The number of hydrogen-bond acceptors (Lipinski definition) is 3. The summed E-state index contributed by atoms with van der Waals surface area (Å²) in [7, 11) is -4.08. The summed E-state index contributed by atoms with van der Waals surface area (Å²) in [5.74, 6) is -2.84. The van der Waals surface area contributed by atoms with Gasteiger partial charge in [0.2, 0.25) is 15.9 Å². The van der Waals surface area contributed by atoms with Crippen LogP contribution in [-0.2, 0) is 14.8 Å². The Bertz CT molecular complexity index is 894. The van der Waals surface area contributed by atoms with E-state index in [2.05, 4.69) is 5.32 Å². The summed E-state index contributed by atoms with van der Waals surface area (Å²) in [4.78, 5) is 12.3. The van der Waals surface area contributed by atoms with E-state index in [1.807, 2.05) is 13.0 Å². The van der Waals surface area contributed by atoms with Crippen LogP contribution in [0.2, 0.25) is 0 Å². The maximum atomic E-state index is 13.9. The number of para-hydroxylation sites is 1. The van der Waals surface area contributed by atoms with E-state index >= 15 is 0 Å². The SMILES string of the molecule is Cc1ccc(C)c(NC(=O)CN(c2c(F)cccc2F)S(C)(=O)=O)c1. The first kappa shape index (κ1) is 18.9. The Morgan fingerprint density at radius 2 is 1.72 bits per heavy atom. The molecular weight excluding hydrogens is 350 g/mol. The summed E-state index contributed by atoms with van der Waals surface area (Å²) >= 11 is 0. The minimum atomic E-state index is -4.08. The van der Waals surface area contributed by atoms with Crippen molar-refractivity contribution >= 4 is 27.3 Å². The van der Waals surface area contributed by atoms with Crippen LogP contribution in [0.25, 0.3) is 0 Å². The number of amides is 1. The molecule has 2 rings (SSSR count). The fourth-order valence-corrected chi connectivity index (χ4v) is 3.14. The standard InChI is InChI=1S/C17H18F2N2O3S/c1-11-7-8-12(2)15(9-11)20-16(22)10-21(25(3,23)24)17-13(18)5-4-6-14(17)19/h4-9H,10H2,1-3H3,(H,20,22). The summed E-state index contributed by atoms with van der Waals surface area (Å²) in [6.45, 7) is 2.87. The Hall–Kier alpha value is -2.48. The van der Waals surface area contributed by atoms with E-state index in [0.29, 0.717) is 9.99 Å². The highest BCUT2D eigenvalue weighted by atomic mass is 32.2. The van der Waals surface area contributed by atoms with Crippen molar-refractivity contribution < 1.29 is 22.0 Å². The fraction of sp³-hybridized carbons (Fsp3) is 0.235. The minimum absolute atomic E-state index is 0.415. The first-order valence-corrected chi connectivity index (χ1v) is 9.23. The normalized spacial score (nSPS) is 11.2. The second-order valence-corrected chi connectivity index (χ2v) is 7.61. The molecular formula is C17H18F2N2O3S. The highest BCUT2D eigenvalue weighted by Gasteiger charge is 2.26. The van der Waals surface area contributed by atoms with Crippen LogP contribution in [0.4, 0.5) is 20.2 Å². The number of carbonyl (C=O) groups excluding carboxylic acids is 1. The van der Waals surface area contributed by atoms with Crippen molar-refractivity contribution in [2.75, 3.05) is 22.4 Å². The topological polar surface area (TPSA) is 66.5 Å². The second kappa shape index (κ2) is 7.18. The largest absolute Gasteiger partial charge is 0.324 e. The first-order valence-electron chi connectivity index (χ1n) is 7.38. The number of rotatable bonds is 5. The van der Waals surface area contributed by atoms with Gasteiger partial charge in [0.25, 0.3) is 0 Å². The van der Waals surface area contributed by atoms with Gasteiger partial charge in [-0.1, -0.05) is 18.2 Å². The van der Waals surface area contributed by atoms with Crippen molar-refractivity contribution in [3.63, 3.8) is 0 Å². The fourth-order valence-electron chi connectivity index (χ4n) is 2.28.